The third kappa shape index (κ3) is 4.71. The molecule has 0 heterocycles. The molecule has 0 bridgehead atoms. The SMILES string of the molecule is CCCC(CNC1CC1)Oc1ccc(C(F)(F)F)cc1. The Morgan fingerprint density at radius 1 is 1.25 bits per heavy atom. The van der Waals surface area contributed by atoms with Crippen molar-refractivity contribution >= 4 is 0 Å². The van der Waals surface area contributed by atoms with Crippen LogP contribution in [0.2, 0.25) is 0 Å². The van der Waals surface area contributed by atoms with E-state index in [0.29, 0.717) is 11.8 Å². The highest BCUT2D eigenvalue weighted by atomic mass is 19.4. The zero-order valence-electron chi connectivity index (χ0n) is 11.5. The van der Waals surface area contributed by atoms with Crippen LogP contribution in [-0.4, -0.2) is 18.7 Å². The highest BCUT2D eigenvalue weighted by molar-refractivity contribution is 5.29. The second-order valence-electron chi connectivity index (χ2n) is 5.23. The van der Waals surface area contributed by atoms with Gasteiger partial charge >= 0.3 is 6.18 Å². The normalized spacial score (nSPS) is 17.0. The number of alkyl halides is 3. The fourth-order valence-corrected chi connectivity index (χ4v) is 2.03. The van der Waals surface area contributed by atoms with Crippen molar-refractivity contribution in [1.29, 1.82) is 0 Å². The van der Waals surface area contributed by atoms with E-state index in [9.17, 15) is 13.2 Å². The number of ether oxygens (including phenoxy) is 1. The van der Waals surface area contributed by atoms with E-state index < -0.39 is 11.7 Å². The van der Waals surface area contributed by atoms with E-state index in [0.717, 1.165) is 31.5 Å². The molecule has 1 aromatic rings. The van der Waals surface area contributed by atoms with Crippen LogP contribution in [0.1, 0.15) is 38.2 Å². The summed E-state index contributed by atoms with van der Waals surface area (Å²) in [6.45, 7) is 2.82. The van der Waals surface area contributed by atoms with Crippen LogP contribution in [0.4, 0.5) is 13.2 Å². The zero-order chi connectivity index (χ0) is 14.6. The fourth-order valence-electron chi connectivity index (χ4n) is 2.03. The molecule has 1 aliphatic rings. The number of halogens is 3. The van der Waals surface area contributed by atoms with E-state index in [1.54, 1.807) is 0 Å². The Hall–Kier alpha value is -1.23. The first-order valence-electron chi connectivity index (χ1n) is 7.06. The van der Waals surface area contributed by atoms with Crippen molar-refractivity contribution in [2.75, 3.05) is 6.54 Å². The maximum atomic E-state index is 12.5. The van der Waals surface area contributed by atoms with E-state index in [-0.39, 0.29) is 6.10 Å². The third-order valence-electron chi connectivity index (χ3n) is 3.31. The molecule has 1 unspecified atom stereocenters. The Kier molecular flexibility index (Phi) is 4.91. The van der Waals surface area contributed by atoms with Gasteiger partial charge in [-0.15, -0.1) is 0 Å². The molecule has 1 fully saturated rings. The molecular formula is C15H20F3NO. The topological polar surface area (TPSA) is 21.3 Å². The lowest BCUT2D eigenvalue weighted by atomic mass is 10.2. The van der Waals surface area contributed by atoms with Gasteiger partial charge < -0.3 is 10.1 Å². The van der Waals surface area contributed by atoms with Crippen LogP contribution in [0.15, 0.2) is 24.3 Å². The second kappa shape index (κ2) is 6.48. The van der Waals surface area contributed by atoms with Crippen LogP contribution in [0.25, 0.3) is 0 Å². The molecule has 1 saturated carbocycles. The Balaban J connectivity index is 1.91. The highest BCUT2D eigenvalue weighted by Gasteiger charge is 2.30. The molecule has 0 amide bonds. The number of hydrogen-bond acceptors (Lipinski definition) is 2. The van der Waals surface area contributed by atoms with Crippen molar-refractivity contribution in [3.63, 3.8) is 0 Å². The van der Waals surface area contributed by atoms with Crippen molar-refractivity contribution < 1.29 is 17.9 Å². The maximum absolute atomic E-state index is 12.5. The zero-order valence-corrected chi connectivity index (χ0v) is 11.5. The molecule has 1 N–H and O–H groups in total. The van der Waals surface area contributed by atoms with Crippen LogP contribution in [0.3, 0.4) is 0 Å². The molecule has 1 atom stereocenters. The molecule has 112 valence electrons. The molecular weight excluding hydrogens is 267 g/mol. The first kappa shape index (κ1) is 15.2. The van der Waals surface area contributed by atoms with E-state index >= 15 is 0 Å². The van der Waals surface area contributed by atoms with Crippen molar-refractivity contribution in [3.05, 3.63) is 29.8 Å². The highest BCUT2D eigenvalue weighted by Crippen LogP contribution is 2.30. The van der Waals surface area contributed by atoms with Gasteiger partial charge in [0.05, 0.1) is 5.56 Å². The Morgan fingerprint density at radius 2 is 1.90 bits per heavy atom. The molecule has 1 aliphatic carbocycles. The van der Waals surface area contributed by atoms with Crippen molar-refractivity contribution in [1.82, 2.24) is 5.32 Å². The molecule has 2 nitrogen and oxygen atoms in total. The first-order chi connectivity index (χ1) is 9.49. The van der Waals surface area contributed by atoms with Crippen molar-refractivity contribution in [2.24, 2.45) is 0 Å². The molecule has 0 radical (unpaired) electrons. The summed E-state index contributed by atoms with van der Waals surface area (Å²) in [7, 11) is 0. The van der Waals surface area contributed by atoms with Crippen LogP contribution < -0.4 is 10.1 Å². The Bertz CT molecular complexity index is 412. The molecule has 20 heavy (non-hydrogen) atoms. The minimum absolute atomic E-state index is 0.0114. The van der Waals surface area contributed by atoms with Crippen LogP contribution >= 0.6 is 0 Å². The van der Waals surface area contributed by atoms with Crippen LogP contribution in [0, 0.1) is 0 Å². The van der Waals surface area contributed by atoms with Crippen molar-refractivity contribution in [2.45, 2.75) is 50.9 Å². The van der Waals surface area contributed by atoms with Gasteiger partial charge in [0, 0.05) is 12.6 Å². The molecule has 5 heteroatoms. The predicted molar refractivity (Wildman–Crippen MR) is 71.8 cm³/mol. The summed E-state index contributed by atoms with van der Waals surface area (Å²) in [6, 6.07) is 5.51. The average Bonchev–Trinajstić information content (AvgIpc) is 3.20. The standard InChI is InChI=1S/C15H20F3NO/c1-2-3-14(10-19-12-6-7-12)20-13-8-4-11(5-9-13)15(16,17)18/h4-5,8-9,12,14,19H,2-3,6-7,10H2,1H3. The number of hydrogen-bond donors (Lipinski definition) is 1. The summed E-state index contributed by atoms with van der Waals surface area (Å²) < 4.78 is 43.2. The summed E-state index contributed by atoms with van der Waals surface area (Å²) in [5.41, 5.74) is -0.645. The molecule has 2 rings (SSSR count). The van der Waals surface area contributed by atoms with E-state index in [1.807, 2.05) is 0 Å². The van der Waals surface area contributed by atoms with E-state index in [1.165, 1.54) is 25.0 Å². The molecule has 0 spiro atoms. The lowest BCUT2D eigenvalue weighted by molar-refractivity contribution is -0.137. The summed E-state index contributed by atoms with van der Waals surface area (Å²) in [5.74, 6) is 0.494. The van der Waals surface area contributed by atoms with Gasteiger partial charge in [0.25, 0.3) is 0 Å². The largest absolute Gasteiger partial charge is 0.489 e. The quantitative estimate of drug-likeness (QED) is 0.818. The fraction of sp³-hybridized carbons (Fsp3) is 0.600. The van der Waals surface area contributed by atoms with Crippen LogP contribution in [0.5, 0.6) is 5.75 Å². The second-order valence-corrected chi connectivity index (χ2v) is 5.23. The smallest absolute Gasteiger partial charge is 0.416 e. The van der Waals surface area contributed by atoms with Gasteiger partial charge in [0.2, 0.25) is 0 Å². The lowest BCUT2D eigenvalue weighted by Gasteiger charge is -2.19. The lowest BCUT2D eigenvalue weighted by Crippen LogP contribution is -2.32. The number of rotatable bonds is 7. The molecule has 1 aromatic carbocycles. The minimum atomic E-state index is -4.30. The summed E-state index contributed by atoms with van der Waals surface area (Å²) in [4.78, 5) is 0. The maximum Gasteiger partial charge on any atom is 0.416 e. The van der Waals surface area contributed by atoms with E-state index in [2.05, 4.69) is 12.2 Å². The van der Waals surface area contributed by atoms with Gasteiger partial charge in [-0.2, -0.15) is 13.2 Å². The number of nitrogens with one attached hydrogen (secondary N) is 1. The summed E-state index contributed by atoms with van der Waals surface area (Å²) in [6.07, 6.45) is 0.00301. The average molecular weight is 287 g/mol. The van der Waals surface area contributed by atoms with Gasteiger partial charge in [0.15, 0.2) is 0 Å². The van der Waals surface area contributed by atoms with Gasteiger partial charge in [-0.25, -0.2) is 0 Å². The molecule has 0 aromatic heterocycles. The van der Waals surface area contributed by atoms with Gasteiger partial charge in [0.1, 0.15) is 11.9 Å². The van der Waals surface area contributed by atoms with Gasteiger partial charge in [-0.05, 0) is 43.5 Å². The van der Waals surface area contributed by atoms with Crippen LogP contribution in [-0.2, 0) is 6.18 Å². The van der Waals surface area contributed by atoms with Crippen molar-refractivity contribution in [3.8, 4) is 5.75 Å². The van der Waals surface area contributed by atoms with E-state index in [4.69, 9.17) is 4.74 Å². The van der Waals surface area contributed by atoms with Gasteiger partial charge in [-0.3, -0.25) is 0 Å². The molecule has 0 saturated heterocycles. The monoisotopic (exact) mass is 287 g/mol. The summed E-state index contributed by atoms with van der Waals surface area (Å²) >= 11 is 0. The minimum Gasteiger partial charge on any atom is -0.489 e. The number of benzene rings is 1. The first-order valence-corrected chi connectivity index (χ1v) is 7.06. The summed E-state index contributed by atoms with van der Waals surface area (Å²) in [5, 5.41) is 3.39. The Morgan fingerprint density at radius 3 is 2.40 bits per heavy atom. The third-order valence-corrected chi connectivity index (χ3v) is 3.31. The van der Waals surface area contributed by atoms with Gasteiger partial charge in [-0.1, -0.05) is 13.3 Å². The molecule has 0 aliphatic heterocycles. The predicted octanol–water partition coefficient (Wildman–Crippen LogP) is 4.00. The Labute approximate surface area is 117 Å².